The Balaban J connectivity index is 1.28. The van der Waals surface area contributed by atoms with Gasteiger partial charge in [-0.2, -0.15) is 0 Å². The summed E-state index contributed by atoms with van der Waals surface area (Å²) in [7, 11) is 0. The van der Waals surface area contributed by atoms with Crippen molar-refractivity contribution in [2.75, 3.05) is 16.8 Å². The lowest BCUT2D eigenvalue weighted by Gasteiger charge is -2.34. The second-order valence-electron chi connectivity index (χ2n) is 10.6. The van der Waals surface area contributed by atoms with E-state index < -0.39 is 23.5 Å². The first-order valence-corrected chi connectivity index (χ1v) is 14.0. The molecule has 0 aliphatic carbocycles. The third kappa shape index (κ3) is 6.81. The molecule has 5 rings (SSSR count). The second kappa shape index (κ2) is 12.7. The molecule has 1 saturated heterocycles. The Bertz CT molecular complexity index is 1650. The van der Waals surface area contributed by atoms with Gasteiger partial charge in [-0.25, -0.2) is 4.79 Å². The molecule has 2 atom stereocenters. The van der Waals surface area contributed by atoms with E-state index in [1.165, 1.54) is 0 Å². The summed E-state index contributed by atoms with van der Waals surface area (Å²) >= 11 is 0. The average molecular weight is 581 g/mol. The van der Waals surface area contributed by atoms with Gasteiger partial charge in [-0.3, -0.25) is 24.7 Å². The number of hydrogen-bond acceptors (Lipinski definition) is 6. The summed E-state index contributed by atoms with van der Waals surface area (Å²) in [5.74, 6) is -2.30. The molecule has 43 heavy (non-hydrogen) atoms. The van der Waals surface area contributed by atoms with Crippen LogP contribution in [0.4, 0.5) is 16.2 Å². The summed E-state index contributed by atoms with van der Waals surface area (Å²) in [6.07, 6.45) is 2.58. The van der Waals surface area contributed by atoms with Crippen LogP contribution in [0.15, 0.2) is 91.3 Å². The summed E-state index contributed by atoms with van der Waals surface area (Å²) in [6.45, 7) is 2.11. The lowest BCUT2D eigenvalue weighted by molar-refractivity contribution is -0.140. The summed E-state index contributed by atoms with van der Waals surface area (Å²) in [5.41, 5.74) is 1.48. The van der Waals surface area contributed by atoms with Gasteiger partial charge < -0.3 is 20.1 Å². The summed E-state index contributed by atoms with van der Waals surface area (Å²) < 4.78 is 5.31. The first-order valence-electron chi connectivity index (χ1n) is 14.0. The summed E-state index contributed by atoms with van der Waals surface area (Å²) in [4.78, 5) is 56.3. The Kier molecular flexibility index (Phi) is 8.66. The Morgan fingerprint density at radius 1 is 1.02 bits per heavy atom. The van der Waals surface area contributed by atoms with Crippen LogP contribution >= 0.6 is 0 Å². The maximum Gasteiger partial charge on any atom is 0.411 e. The molecule has 0 saturated carbocycles. The van der Waals surface area contributed by atoms with Crippen LogP contribution in [-0.4, -0.2) is 40.5 Å². The van der Waals surface area contributed by atoms with Gasteiger partial charge in [-0.05, 0) is 58.7 Å². The number of carboxylic acid groups (broad SMARTS) is 1. The number of carbonyl (C=O) groups excluding carboxylic acids is 3. The number of pyridine rings is 1. The predicted molar refractivity (Wildman–Crippen MR) is 161 cm³/mol. The van der Waals surface area contributed by atoms with Gasteiger partial charge in [0.05, 0.1) is 17.9 Å². The highest BCUT2D eigenvalue weighted by molar-refractivity contribution is 6.02. The molecule has 0 bridgehead atoms. The van der Waals surface area contributed by atoms with Gasteiger partial charge in [-0.1, -0.05) is 55.5 Å². The normalized spacial score (nSPS) is 16.0. The van der Waals surface area contributed by atoms with Crippen molar-refractivity contribution in [3.8, 4) is 0 Å². The van der Waals surface area contributed by atoms with Crippen molar-refractivity contribution < 1.29 is 29.0 Å². The van der Waals surface area contributed by atoms with Gasteiger partial charge in [0, 0.05) is 36.7 Å². The third-order valence-corrected chi connectivity index (χ3v) is 7.72. The molecule has 4 aromatic rings. The van der Waals surface area contributed by atoms with Crippen LogP contribution in [0.3, 0.4) is 0 Å². The van der Waals surface area contributed by atoms with Crippen molar-refractivity contribution in [1.82, 2.24) is 10.3 Å². The topological polar surface area (TPSA) is 138 Å². The fourth-order valence-electron chi connectivity index (χ4n) is 5.37. The zero-order chi connectivity index (χ0) is 30.4. The largest absolute Gasteiger partial charge is 0.481 e. The van der Waals surface area contributed by atoms with Crippen LogP contribution in [0.25, 0.3) is 10.8 Å². The number of benzene rings is 3. The van der Waals surface area contributed by atoms with E-state index in [1.54, 1.807) is 41.6 Å². The van der Waals surface area contributed by atoms with Gasteiger partial charge in [0.1, 0.15) is 6.61 Å². The fraction of sp³-hybridized carbons (Fsp3) is 0.242. The van der Waals surface area contributed by atoms with Crippen molar-refractivity contribution in [3.63, 3.8) is 0 Å². The van der Waals surface area contributed by atoms with E-state index in [0.29, 0.717) is 23.4 Å². The molecule has 2 unspecified atom stereocenters. The third-order valence-electron chi connectivity index (χ3n) is 7.72. The Hall–Kier alpha value is -5.25. The highest BCUT2D eigenvalue weighted by atomic mass is 16.5. The van der Waals surface area contributed by atoms with Crippen LogP contribution in [0.2, 0.25) is 0 Å². The van der Waals surface area contributed by atoms with Crippen molar-refractivity contribution in [2.45, 2.75) is 38.3 Å². The first-order chi connectivity index (χ1) is 20.8. The zero-order valence-electron chi connectivity index (χ0n) is 23.7. The highest BCUT2D eigenvalue weighted by Gasteiger charge is 2.41. The first kappa shape index (κ1) is 29.2. The minimum Gasteiger partial charge on any atom is -0.481 e. The van der Waals surface area contributed by atoms with Crippen molar-refractivity contribution in [1.29, 1.82) is 0 Å². The van der Waals surface area contributed by atoms with Gasteiger partial charge in [0.25, 0.3) is 0 Å². The Morgan fingerprint density at radius 2 is 1.81 bits per heavy atom. The fourth-order valence-corrected chi connectivity index (χ4v) is 5.37. The van der Waals surface area contributed by atoms with E-state index in [9.17, 15) is 24.3 Å². The number of hydrogen-bond donors (Lipinski definition) is 3. The smallest absolute Gasteiger partial charge is 0.411 e. The molecule has 2 heterocycles. The van der Waals surface area contributed by atoms with E-state index in [0.717, 1.165) is 16.3 Å². The summed E-state index contributed by atoms with van der Waals surface area (Å²) in [6, 6.07) is 23.8. The maximum atomic E-state index is 13.4. The molecule has 10 nitrogen and oxygen atoms in total. The quantitative estimate of drug-likeness (QED) is 0.233. The van der Waals surface area contributed by atoms with E-state index in [2.05, 4.69) is 15.6 Å². The lowest BCUT2D eigenvalue weighted by Crippen LogP contribution is -2.49. The number of aromatic nitrogens is 1. The Morgan fingerprint density at radius 3 is 2.53 bits per heavy atom. The molecule has 220 valence electrons. The van der Waals surface area contributed by atoms with E-state index in [-0.39, 0.29) is 37.8 Å². The minimum atomic E-state index is -1.15. The molecule has 0 spiro atoms. The molecular weight excluding hydrogens is 548 g/mol. The zero-order valence-corrected chi connectivity index (χ0v) is 23.7. The van der Waals surface area contributed by atoms with E-state index in [1.807, 2.05) is 61.5 Å². The van der Waals surface area contributed by atoms with E-state index >= 15 is 0 Å². The molecule has 1 aromatic heterocycles. The monoisotopic (exact) mass is 580 g/mol. The molecule has 10 heteroatoms. The van der Waals surface area contributed by atoms with Gasteiger partial charge in [-0.15, -0.1) is 0 Å². The summed E-state index contributed by atoms with van der Waals surface area (Å²) in [5, 5.41) is 17.0. The number of nitrogens with one attached hydrogen (secondary N) is 2. The molecule has 3 N–H and O–H groups in total. The van der Waals surface area contributed by atoms with Crippen molar-refractivity contribution in [3.05, 3.63) is 102 Å². The van der Waals surface area contributed by atoms with Crippen LogP contribution in [0, 0.1) is 5.92 Å². The number of carbonyl (C=O) groups is 4. The molecule has 1 aliphatic rings. The van der Waals surface area contributed by atoms with Crippen molar-refractivity contribution in [2.24, 2.45) is 5.92 Å². The number of fused-ring (bicyclic) bond motifs is 1. The SMILES string of the molecule is CCC(CC(=O)O)(NC(=O)C1CC(=O)N(c2ccc3ccc(NC(=O)OCc4ccccc4)cc3c2)C1)c1cccnc1. The number of carboxylic acids is 1. The van der Waals surface area contributed by atoms with E-state index in [4.69, 9.17) is 4.74 Å². The van der Waals surface area contributed by atoms with Gasteiger partial charge in [0.2, 0.25) is 11.8 Å². The maximum absolute atomic E-state index is 13.4. The molecule has 1 aliphatic heterocycles. The van der Waals surface area contributed by atoms with Gasteiger partial charge in [0.15, 0.2) is 0 Å². The predicted octanol–water partition coefficient (Wildman–Crippen LogP) is 5.23. The molecule has 0 radical (unpaired) electrons. The highest BCUT2D eigenvalue weighted by Crippen LogP contribution is 2.32. The molecule has 3 amide bonds. The lowest BCUT2D eigenvalue weighted by atomic mass is 9.84. The van der Waals surface area contributed by atoms with Crippen LogP contribution in [0.5, 0.6) is 0 Å². The number of aliphatic carboxylic acids is 1. The second-order valence-corrected chi connectivity index (χ2v) is 10.6. The molecular formula is C33H32N4O6. The van der Waals surface area contributed by atoms with Crippen LogP contribution in [0.1, 0.15) is 37.3 Å². The van der Waals surface area contributed by atoms with Crippen molar-refractivity contribution >= 4 is 46.0 Å². The van der Waals surface area contributed by atoms with Crippen LogP contribution < -0.4 is 15.5 Å². The van der Waals surface area contributed by atoms with Crippen LogP contribution in [-0.2, 0) is 31.3 Å². The number of amides is 3. The number of nitrogens with zero attached hydrogens (tertiary/aromatic N) is 2. The van der Waals surface area contributed by atoms with Gasteiger partial charge >= 0.3 is 12.1 Å². The average Bonchev–Trinajstić information content (AvgIpc) is 3.41. The number of ether oxygens (including phenoxy) is 1. The number of anilines is 2. The Labute approximate surface area is 248 Å². The minimum absolute atomic E-state index is 0.00136. The standard InChI is InChI=1S/C33H32N4O6/c1-2-33(18-30(39)40,26-9-6-14-34-19-26)36-31(41)25-17-29(38)37(20-25)28-13-11-23-10-12-27(15-24(23)16-28)35-32(42)43-21-22-7-4-3-5-8-22/h3-16,19,25H,2,17-18,20-21H2,1H3,(H,35,42)(H,36,41)(H,39,40). The molecule has 1 fully saturated rings. The number of rotatable bonds is 10. The molecule has 3 aromatic carbocycles.